The zero-order chi connectivity index (χ0) is 35.3. The lowest BCUT2D eigenvalue weighted by atomic mass is 9.76. The number of methoxy groups -OCH3 is 1. The number of carboxylic acid groups (broad SMARTS) is 1. The van der Waals surface area contributed by atoms with Crippen LogP contribution in [0.2, 0.25) is 0 Å². The van der Waals surface area contributed by atoms with Crippen LogP contribution in [0.25, 0.3) is 0 Å². The maximum atomic E-state index is 14.4. The lowest BCUT2D eigenvalue weighted by Gasteiger charge is -2.48. The number of rotatable bonds is 12. The van der Waals surface area contributed by atoms with E-state index in [9.17, 15) is 29.6 Å². The summed E-state index contributed by atoms with van der Waals surface area (Å²) in [6, 6.07) is 40.8. The van der Waals surface area contributed by atoms with Crippen molar-refractivity contribution in [3.05, 3.63) is 161 Å². The van der Waals surface area contributed by atoms with Crippen LogP contribution in [-0.2, 0) is 20.9 Å². The number of benzene rings is 5. The van der Waals surface area contributed by atoms with Gasteiger partial charge >= 0.3 is 12.1 Å². The number of ether oxygens (including phenoxy) is 2. The molecule has 0 saturated carbocycles. The SMILES string of the molecule is COc1ccc(C(C(=O)O)C2C(C[P+](c3ccccc3)(c3ccccc3)c3ccccc3)C(=O)N2C(=O)OCc2ccccc2[N+](=O)[O-])cc1. The molecule has 2 amide bonds. The van der Waals surface area contributed by atoms with E-state index in [2.05, 4.69) is 0 Å². The van der Waals surface area contributed by atoms with Gasteiger partial charge in [0, 0.05) is 6.07 Å². The Morgan fingerprint density at radius 1 is 0.800 bits per heavy atom. The Bertz CT molecular complexity index is 1900. The van der Waals surface area contributed by atoms with Crippen molar-refractivity contribution in [2.75, 3.05) is 13.3 Å². The van der Waals surface area contributed by atoms with Crippen molar-refractivity contribution in [2.45, 2.75) is 18.6 Å². The van der Waals surface area contributed by atoms with Crippen LogP contribution in [0.1, 0.15) is 17.0 Å². The minimum Gasteiger partial charge on any atom is -0.497 e. The Kier molecular flexibility index (Phi) is 10.0. The first-order valence-electron chi connectivity index (χ1n) is 15.9. The average Bonchev–Trinajstić information content (AvgIpc) is 3.15. The summed E-state index contributed by atoms with van der Waals surface area (Å²) in [4.78, 5) is 53.2. The Labute approximate surface area is 289 Å². The number of hydrogen-bond acceptors (Lipinski definition) is 7. The van der Waals surface area contributed by atoms with E-state index in [1.54, 1.807) is 30.3 Å². The molecule has 0 spiro atoms. The number of aliphatic carboxylic acids is 1. The number of nitro groups is 1. The third-order valence-electron chi connectivity index (χ3n) is 9.15. The zero-order valence-corrected chi connectivity index (χ0v) is 28.0. The van der Waals surface area contributed by atoms with E-state index in [-0.39, 0.29) is 17.4 Å². The van der Waals surface area contributed by atoms with Gasteiger partial charge in [0.05, 0.1) is 35.7 Å². The molecule has 0 aliphatic carbocycles. The molecule has 11 heteroatoms. The molecule has 1 aliphatic heterocycles. The monoisotopic (exact) mass is 689 g/mol. The Morgan fingerprint density at radius 2 is 1.30 bits per heavy atom. The second-order valence-corrected chi connectivity index (χ2v) is 15.4. The van der Waals surface area contributed by atoms with Crippen LogP contribution >= 0.6 is 7.26 Å². The van der Waals surface area contributed by atoms with Gasteiger partial charge in [-0.2, -0.15) is 0 Å². The Morgan fingerprint density at radius 3 is 1.78 bits per heavy atom. The maximum Gasteiger partial charge on any atom is 0.417 e. The first kappa shape index (κ1) is 34.0. The predicted octanol–water partition coefficient (Wildman–Crippen LogP) is 5.93. The number of β-lactam (4-membered cyclic amide) rings is 1. The normalized spacial score (nSPS) is 16.2. The molecule has 5 aromatic carbocycles. The van der Waals surface area contributed by atoms with Crippen molar-refractivity contribution in [3.8, 4) is 5.75 Å². The van der Waals surface area contributed by atoms with Crippen molar-refractivity contribution >= 4 is 46.8 Å². The molecule has 1 saturated heterocycles. The highest BCUT2D eigenvalue weighted by Crippen LogP contribution is 2.59. The first-order chi connectivity index (χ1) is 24.3. The first-order valence-corrected chi connectivity index (χ1v) is 17.9. The third-order valence-corrected chi connectivity index (χ3v) is 13.6. The van der Waals surface area contributed by atoms with Gasteiger partial charge in [0.1, 0.15) is 41.5 Å². The minimum absolute atomic E-state index is 0.138. The van der Waals surface area contributed by atoms with Crippen molar-refractivity contribution in [3.63, 3.8) is 0 Å². The summed E-state index contributed by atoms with van der Waals surface area (Å²) in [6.45, 7) is -0.480. The quantitative estimate of drug-likeness (QED) is 0.0737. The molecule has 6 rings (SSSR count). The van der Waals surface area contributed by atoms with E-state index < -0.39 is 54.6 Å². The summed E-state index contributed by atoms with van der Waals surface area (Å²) < 4.78 is 10.8. The summed E-state index contributed by atoms with van der Waals surface area (Å²) in [5.74, 6) is -3.51. The molecule has 3 unspecified atom stereocenters. The van der Waals surface area contributed by atoms with E-state index in [0.29, 0.717) is 11.3 Å². The standard InChI is InChI=1S/C39H33N2O8P/c1-48-29-23-21-27(22-24-29)35(38(43)44)36-33(37(42)40(36)39(45)49-25-28-13-11-12-20-34(28)41(46)47)26-50(30-14-5-2-6-15-30,31-16-7-3-8-17-31)32-18-9-4-10-19-32/h2-24,33,35-36H,25-26H2,1H3/p+1. The third kappa shape index (κ3) is 6.45. The number of nitro benzene ring substituents is 1. The highest BCUT2D eigenvalue weighted by molar-refractivity contribution is 7.95. The molecule has 5 aromatic rings. The molecule has 3 atom stereocenters. The lowest BCUT2D eigenvalue weighted by Crippen LogP contribution is -2.67. The van der Waals surface area contributed by atoms with Gasteiger partial charge in [-0.1, -0.05) is 78.9 Å². The van der Waals surface area contributed by atoms with Crippen molar-refractivity contribution in [1.82, 2.24) is 4.90 Å². The van der Waals surface area contributed by atoms with Gasteiger partial charge in [-0.15, -0.1) is 0 Å². The van der Waals surface area contributed by atoms with Crippen LogP contribution in [0, 0.1) is 16.0 Å². The molecule has 1 aliphatic rings. The van der Waals surface area contributed by atoms with Crippen LogP contribution in [0.4, 0.5) is 10.5 Å². The van der Waals surface area contributed by atoms with Crippen molar-refractivity contribution in [2.24, 2.45) is 5.92 Å². The second-order valence-electron chi connectivity index (χ2n) is 11.8. The number of carboxylic acids is 1. The van der Waals surface area contributed by atoms with Gasteiger partial charge in [0.15, 0.2) is 0 Å². The van der Waals surface area contributed by atoms with E-state index >= 15 is 0 Å². The van der Waals surface area contributed by atoms with E-state index in [1.807, 2.05) is 91.0 Å². The van der Waals surface area contributed by atoms with Crippen molar-refractivity contribution < 1.29 is 33.9 Å². The second kappa shape index (κ2) is 14.7. The Hall–Kier alpha value is -5.86. The van der Waals surface area contributed by atoms with Crippen LogP contribution < -0.4 is 20.7 Å². The maximum absolute atomic E-state index is 14.4. The number of hydrogen-bond donors (Lipinski definition) is 1. The smallest absolute Gasteiger partial charge is 0.417 e. The summed E-state index contributed by atoms with van der Waals surface area (Å²) in [5.41, 5.74) is 0.272. The predicted molar refractivity (Wildman–Crippen MR) is 191 cm³/mol. The molecule has 1 N–H and O–H groups in total. The number of nitrogens with zero attached hydrogens (tertiary/aromatic N) is 2. The fraction of sp³-hybridized carbons (Fsp3) is 0.154. The summed E-state index contributed by atoms with van der Waals surface area (Å²) in [6.07, 6.45) is -0.834. The van der Waals surface area contributed by atoms with Crippen LogP contribution in [0.3, 0.4) is 0 Å². The number of imide groups is 1. The van der Waals surface area contributed by atoms with Gasteiger partial charge < -0.3 is 14.6 Å². The molecular formula is C39H34N2O8P+. The highest BCUT2D eigenvalue weighted by atomic mass is 31.2. The number of para-hydroxylation sites is 1. The molecule has 0 aromatic heterocycles. The number of amides is 2. The summed E-state index contributed by atoms with van der Waals surface area (Å²) in [5, 5.41) is 25.3. The van der Waals surface area contributed by atoms with Gasteiger partial charge in [-0.25, -0.2) is 9.69 Å². The fourth-order valence-corrected chi connectivity index (χ4v) is 11.3. The van der Waals surface area contributed by atoms with Crippen LogP contribution in [0.15, 0.2) is 140 Å². The van der Waals surface area contributed by atoms with Gasteiger partial charge in [0.25, 0.3) is 5.69 Å². The van der Waals surface area contributed by atoms with Crippen LogP contribution in [-0.4, -0.2) is 52.2 Å². The van der Waals surface area contributed by atoms with E-state index in [0.717, 1.165) is 20.8 Å². The molecule has 0 bridgehead atoms. The molecule has 10 nitrogen and oxygen atoms in total. The molecule has 1 fully saturated rings. The van der Waals surface area contributed by atoms with Crippen molar-refractivity contribution in [1.29, 1.82) is 0 Å². The van der Waals surface area contributed by atoms with E-state index in [1.165, 1.54) is 25.3 Å². The van der Waals surface area contributed by atoms with Crippen LogP contribution in [0.5, 0.6) is 5.75 Å². The Balaban J connectivity index is 1.46. The topological polar surface area (TPSA) is 136 Å². The molecule has 252 valence electrons. The van der Waals surface area contributed by atoms with Gasteiger partial charge in [-0.3, -0.25) is 19.7 Å². The largest absolute Gasteiger partial charge is 0.497 e. The lowest BCUT2D eigenvalue weighted by molar-refractivity contribution is -0.385. The number of likely N-dealkylation sites (tertiary alicyclic amines) is 1. The molecule has 1 heterocycles. The zero-order valence-electron chi connectivity index (χ0n) is 27.1. The highest BCUT2D eigenvalue weighted by Gasteiger charge is 2.62. The number of carbonyl (C=O) groups is 3. The number of carbonyl (C=O) groups excluding carboxylic acids is 2. The molecule has 0 radical (unpaired) electrons. The van der Waals surface area contributed by atoms with Gasteiger partial charge in [0.2, 0.25) is 5.91 Å². The summed E-state index contributed by atoms with van der Waals surface area (Å²) in [7, 11) is -1.15. The van der Waals surface area contributed by atoms with E-state index in [4.69, 9.17) is 9.47 Å². The molecular weight excluding hydrogens is 655 g/mol. The average molecular weight is 690 g/mol. The summed E-state index contributed by atoms with van der Waals surface area (Å²) >= 11 is 0. The minimum atomic E-state index is -2.65. The fourth-order valence-electron chi connectivity index (χ4n) is 6.77. The molecule has 50 heavy (non-hydrogen) atoms. The van der Waals surface area contributed by atoms with Gasteiger partial charge in [-0.05, 0) is 60.2 Å².